The van der Waals surface area contributed by atoms with Crippen molar-refractivity contribution in [3.63, 3.8) is 0 Å². The number of nitrogens with one attached hydrogen (secondary N) is 1. The van der Waals surface area contributed by atoms with Crippen LogP contribution >= 0.6 is 0 Å². The van der Waals surface area contributed by atoms with E-state index in [1.54, 1.807) is 6.07 Å². The molecular formula is C14H21NO2. The highest BCUT2D eigenvalue weighted by Crippen LogP contribution is 2.23. The Bertz CT molecular complexity index is 386. The second-order valence-corrected chi connectivity index (χ2v) is 4.54. The van der Waals surface area contributed by atoms with Crippen molar-refractivity contribution in [3.05, 3.63) is 29.3 Å². The van der Waals surface area contributed by atoms with Gasteiger partial charge in [0.25, 0.3) is 0 Å². The van der Waals surface area contributed by atoms with Gasteiger partial charge in [-0.1, -0.05) is 27.2 Å². The summed E-state index contributed by atoms with van der Waals surface area (Å²) in [6.07, 6.45) is 2.27. The van der Waals surface area contributed by atoms with E-state index in [1.165, 1.54) is 0 Å². The average Bonchev–Trinajstić information content (AvgIpc) is 2.29. The fourth-order valence-electron chi connectivity index (χ4n) is 1.75. The van der Waals surface area contributed by atoms with Gasteiger partial charge in [-0.3, -0.25) is 0 Å². The van der Waals surface area contributed by atoms with Crippen LogP contribution in [0.1, 0.15) is 55.5 Å². The summed E-state index contributed by atoms with van der Waals surface area (Å²) in [5.41, 5.74) is 2.30. The van der Waals surface area contributed by atoms with Crippen molar-refractivity contribution in [2.45, 2.75) is 39.5 Å². The van der Waals surface area contributed by atoms with Crippen molar-refractivity contribution >= 4 is 11.7 Å². The van der Waals surface area contributed by atoms with Crippen molar-refractivity contribution in [2.24, 2.45) is 0 Å². The van der Waals surface area contributed by atoms with Crippen molar-refractivity contribution < 1.29 is 9.90 Å². The Morgan fingerprint density at radius 3 is 2.65 bits per heavy atom. The van der Waals surface area contributed by atoms with Crippen LogP contribution in [-0.2, 0) is 0 Å². The minimum absolute atomic E-state index is 0.217. The van der Waals surface area contributed by atoms with Gasteiger partial charge in [-0.25, -0.2) is 4.79 Å². The quantitative estimate of drug-likeness (QED) is 0.739. The van der Waals surface area contributed by atoms with E-state index in [0.29, 0.717) is 5.56 Å². The molecule has 0 aromatic heterocycles. The van der Waals surface area contributed by atoms with Crippen molar-refractivity contribution in [1.29, 1.82) is 0 Å². The number of aromatic carboxylic acids is 1. The first-order valence-electron chi connectivity index (χ1n) is 6.17. The van der Waals surface area contributed by atoms with Crippen LogP contribution < -0.4 is 5.32 Å². The first-order valence-corrected chi connectivity index (χ1v) is 6.17. The highest BCUT2D eigenvalue weighted by molar-refractivity contribution is 5.90. The maximum absolute atomic E-state index is 11.1. The Hall–Kier alpha value is -1.51. The summed E-state index contributed by atoms with van der Waals surface area (Å²) in [6, 6.07) is 5.47. The van der Waals surface area contributed by atoms with E-state index in [4.69, 9.17) is 5.11 Å². The molecule has 0 saturated heterocycles. The Balaban J connectivity index is 2.90. The third-order valence-electron chi connectivity index (χ3n) is 2.76. The Morgan fingerprint density at radius 2 is 2.12 bits per heavy atom. The van der Waals surface area contributed by atoms with Gasteiger partial charge in [0.2, 0.25) is 0 Å². The predicted molar refractivity (Wildman–Crippen MR) is 70.9 cm³/mol. The molecule has 17 heavy (non-hydrogen) atoms. The van der Waals surface area contributed by atoms with Crippen LogP contribution in [0.15, 0.2) is 18.2 Å². The number of carbonyl (C=O) groups is 1. The molecule has 0 fully saturated rings. The van der Waals surface area contributed by atoms with Crippen LogP contribution in [0.2, 0.25) is 0 Å². The molecule has 0 radical (unpaired) electrons. The molecular weight excluding hydrogens is 214 g/mol. The predicted octanol–water partition coefficient (Wildman–Crippen LogP) is 3.72. The zero-order valence-electron chi connectivity index (χ0n) is 10.8. The van der Waals surface area contributed by atoms with Crippen molar-refractivity contribution in [2.75, 3.05) is 11.9 Å². The Kier molecular flexibility index (Phi) is 5.01. The monoisotopic (exact) mass is 235 g/mol. The van der Waals surface area contributed by atoms with Gasteiger partial charge in [-0.2, -0.15) is 0 Å². The van der Waals surface area contributed by atoms with E-state index in [1.807, 2.05) is 26.0 Å². The second-order valence-electron chi connectivity index (χ2n) is 4.54. The molecule has 2 N–H and O–H groups in total. The van der Waals surface area contributed by atoms with E-state index in [-0.39, 0.29) is 5.92 Å². The zero-order valence-corrected chi connectivity index (χ0v) is 10.8. The van der Waals surface area contributed by atoms with Crippen LogP contribution in [0.5, 0.6) is 0 Å². The van der Waals surface area contributed by atoms with Crippen LogP contribution in [-0.4, -0.2) is 17.6 Å². The number of hydrogen-bond donors (Lipinski definition) is 2. The second kappa shape index (κ2) is 6.28. The number of carboxylic acids is 1. The minimum Gasteiger partial charge on any atom is -0.478 e. The van der Waals surface area contributed by atoms with Crippen LogP contribution in [0.4, 0.5) is 5.69 Å². The molecule has 1 aromatic rings. The van der Waals surface area contributed by atoms with E-state index < -0.39 is 5.97 Å². The fraction of sp³-hybridized carbons (Fsp3) is 0.500. The maximum Gasteiger partial charge on any atom is 0.335 e. The van der Waals surface area contributed by atoms with E-state index in [0.717, 1.165) is 30.6 Å². The molecule has 1 rings (SSSR count). The third-order valence-corrected chi connectivity index (χ3v) is 2.76. The molecule has 1 aromatic carbocycles. The standard InChI is InChI=1S/C14H21NO2/c1-4-5-8-15-11-6-7-12(14(16)17)13(9-11)10(2)3/h6-7,9-10,15H,4-5,8H2,1-3H3,(H,16,17). The number of hydrogen-bond acceptors (Lipinski definition) is 2. The lowest BCUT2D eigenvalue weighted by Gasteiger charge is -2.13. The lowest BCUT2D eigenvalue weighted by molar-refractivity contribution is 0.0695. The largest absolute Gasteiger partial charge is 0.478 e. The molecule has 0 saturated carbocycles. The molecule has 0 spiro atoms. The fourth-order valence-corrected chi connectivity index (χ4v) is 1.75. The molecule has 0 bridgehead atoms. The van der Waals surface area contributed by atoms with Gasteiger partial charge >= 0.3 is 5.97 Å². The molecule has 3 heteroatoms. The van der Waals surface area contributed by atoms with E-state index in [9.17, 15) is 4.79 Å². The summed E-state index contributed by atoms with van der Waals surface area (Å²) in [7, 11) is 0. The van der Waals surface area contributed by atoms with Gasteiger partial charge in [0.05, 0.1) is 5.56 Å². The molecule has 0 amide bonds. The molecule has 0 aliphatic carbocycles. The summed E-state index contributed by atoms with van der Waals surface area (Å²) in [5, 5.41) is 12.4. The Morgan fingerprint density at radius 1 is 1.41 bits per heavy atom. The summed E-state index contributed by atoms with van der Waals surface area (Å²) in [5.74, 6) is -0.636. The number of benzene rings is 1. The highest BCUT2D eigenvalue weighted by atomic mass is 16.4. The topological polar surface area (TPSA) is 49.3 Å². The SMILES string of the molecule is CCCCNc1ccc(C(=O)O)c(C(C)C)c1. The average molecular weight is 235 g/mol. The lowest BCUT2D eigenvalue weighted by atomic mass is 9.96. The third kappa shape index (κ3) is 3.77. The van der Waals surface area contributed by atoms with Crippen molar-refractivity contribution in [3.8, 4) is 0 Å². The maximum atomic E-state index is 11.1. The molecule has 0 aliphatic heterocycles. The summed E-state index contributed by atoms with van der Waals surface area (Å²) < 4.78 is 0. The van der Waals surface area contributed by atoms with Gasteiger partial charge < -0.3 is 10.4 Å². The Labute approximate surface area is 103 Å². The summed E-state index contributed by atoms with van der Waals surface area (Å²) in [4.78, 5) is 11.1. The molecule has 3 nitrogen and oxygen atoms in total. The highest BCUT2D eigenvalue weighted by Gasteiger charge is 2.13. The summed E-state index contributed by atoms with van der Waals surface area (Å²) in [6.45, 7) is 7.10. The first-order chi connectivity index (χ1) is 8.06. The van der Waals surface area contributed by atoms with E-state index in [2.05, 4.69) is 12.2 Å². The van der Waals surface area contributed by atoms with Gasteiger partial charge in [0.15, 0.2) is 0 Å². The van der Waals surface area contributed by atoms with Gasteiger partial charge in [-0.05, 0) is 36.1 Å². The van der Waals surface area contributed by atoms with E-state index >= 15 is 0 Å². The first kappa shape index (κ1) is 13.6. The van der Waals surface area contributed by atoms with Crippen LogP contribution in [0, 0.1) is 0 Å². The smallest absolute Gasteiger partial charge is 0.335 e. The lowest BCUT2D eigenvalue weighted by Crippen LogP contribution is -2.06. The molecule has 0 atom stereocenters. The molecule has 0 aliphatic rings. The number of unbranched alkanes of at least 4 members (excludes halogenated alkanes) is 1. The normalized spacial score (nSPS) is 10.6. The molecule has 94 valence electrons. The van der Waals surface area contributed by atoms with Crippen LogP contribution in [0.3, 0.4) is 0 Å². The van der Waals surface area contributed by atoms with Crippen molar-refractivity contribution in [1.82, 2.24) is 0 Å². The van der Waals surface area contributed by atoms with Gasteiger partial charge in [0.1, 0.15) is 0 Å². The summed E-state index contributed by atoms with van der Waals surface area (Å²) >= 11 is 0. The van der Waals surface area contributed by atoms with Crippen LogP contribution in [0.25, 0.3) is 0 Å². The zero-order chi connectivity index (χ0) is 12.8. The molecule has 0 heterocycles. The van der Waals surface area contributed by atoms with Gasteiger partial charge in [0, 0.05) is 12.2 Å². The number of anilines is 1. The van der Waals surface area contributed by atoms with Gasteiger partial charge in [-0.15, -0.1) is 0 Å². The number of carboxylic acid groups (broad SMARTS) is 1. The molecule has 0 unspecified atom stereocenters. The number of rotatable bonds is 6. The minimum atomic E-state index is -0.853.